The maximum Gasteiger partial charge on any atom is 0.246 e. The number of halogens is 2. The molecule has 1 aromatic carbocycles. The van der Waals surface area contributed by atoms with E-state index in [1.807, 2.05) is 4.90 Å². The molecule has 0 radical (unpaired) electrons. The Bertz CT molecular complexity index is 725. The summed E-state index contributed by atoms with van der Waals surface area (Å²) < 4.78 is 13.7. The summed E-state index contributed by atoms with van der Waals surface area (Å²) in [6.45, 7) is 2.44. The molecule has 124 valence electrons. The molecule has 0 spiro atoms. The number of piperazine rings is 1. The predicted molar refractivity (Wildman–Crippen MR) is 91.3 cm³/mol. The Morgan fingerprint density at radius 2 is 1.83 bits per heavy atom. The lowest BCUT2D eigenvalue weighted by Crippen LogP contribution is -2.48. The minimum absolute atomic E-state index is 0.164. The van der Waals surface area contributed by atoms with Crippen molar-refractivity contribution in [1.82, 2.24) is 14.9 Å². The van der Waals surface area contributed by atoms with Gasteiger partial charge in [-0.15, -0.1) is 0 Å². The molecule has 1 aliphatic heterocycles. The zero-order valence-corrected chi connectivity index (χ0v) is 13.7. The van der Waals surface area contributed by atoms with Gasteiger partial charge in [0.2, 0.25) is 11.9 Å². The van der Waals surface area contributed by atoms with Crippen LogP contribution in [0.15, 0.2) is 42.7 Å². The lowest BCUT2D eigenvalue weighted by atomic mass is 10.2. The van der Waals surface area contributed by atoms with Crippen LogP contribution in [0.25, 0.3) is 6.08 Å². The lowest BCUT2D eigenvalue weighted by Gasteiger charge is -2.34. The Balaban J connectivity index is 1.60. The second-order valence-electron chi connectivity index (χ2n) is 5.33. The van der Waals surface area contributed by atoms with Crippen molar-refractivity contribution >= 4 is 29.5 Å². The molecule has 1 fully saturated rings. The van der Waals surface area contributed by atoms with E-state index in [9.17, 15) is 9.18 Å². The van der Waals surface area contributed by atoms with Crippen LogP contribution in [0.5, 0.6) is 0 Å². The molecule has 2 heterocycles. The number of carbonyl (C=O) groups excluding carboxylic acids is 1. The van der Waals surface area contributed by atoms with Crippen molar-refractivity contribution in [2.75, 3.05) is 31.1 Å². The second kappa shape index (κ2) is 7.40. The van der Waals surface area contributed by atoms with Gasteiger partial charge in [0.1, 0.15) is 5.82 Å². The van der Waals surface area contributed by atoms with Crippen molar-refractivity contribution < 1.29 is 9.18 Å². The van der Waals surface area contributed by atoms with Crippen molar-refractivity contribution in [2.24, 2.45) is 0 Å². The smallest absolute Gasteiger partial charge is 0.246 e. The molecular weight excluding hydrogens is 331 g/mol. The van der Waals surface area contributed by atoms with E-state index in [-0.39, 0.29) is 16.5 Å². The molecule has 1 saturated heterocycles. The minimum Gasteiger partial charge on any atom is -0.337 e. The molecule has 1 aromatic heterocycles. The fourth-order valence-electron chi connectivity index (χ4n) is 2.51. The van der Waals surface area contributed by atoms with Crippen molar-refractivity contribution in [1.29, 1.82) is 0 Å². The van der Waals surface area contributed by atoms with Gasteiger partial charge in [0.25, 0.3) is 0 Å². The van der Waals surface area contributed by atoms with Gasteiger partial charge in [-0.05, 0) is 24.3 Å². The number of benzene rings is 1. The quantitative estimate of drug-likeness (QED) is 0.802. The fraction of sp³-hybridized carbons (Fsp3) is 0.235. The van der Waals surface area contributed by atoms with Crippen molar-refractivity contribution in [3.05, 3.63) is 59.1 Å². The van der Waals surface area contributed by atoms with Gasteiger partial charge >= 0.3 is 0 Å². The Kier molecular flexibility index (Phi) is 5.05. The van der Waals surface area contributed by atoms with E-state index in [1.54, 1.807) is 29.4 Å². The summed E-state index contributed by atoms with van der Waals surface area (Å²) in [6.07, 6.45) is 6.17. The molecule has 3 rings (SSSR count). The highest BCUT2D eigenvalue weighted by molar-refractivity contribution is 6.32. The van der Waals surface area contributed by atoms with Crippen LogP contribution in [0.1, 0.15) is 5.56 Å². The molecule has 0 bridgehead atoms. The number of anilines is 1. The molecule has 0 unspecified atom stereocenters. The number of aromatic nitrogens is 2. The van der Waals surface area contributed by atoms with Crippen LogP contribution in [0.4, 0.5) is 10.3 Å². The summed E-state index contributed by atoms with van der Waals surface area (Å²) in [7, 11) is 0. The summed E-state index contributed by atoms with van der Waals surface area (Å²) in [4.78, 5) is 24.4. The molecule has 0 N–H and O–H groups in total. The highest BCUT2D eigenvalue weighted by Gasteiger charge is 2.21. The van der Waals surface area contributed by atoms with Crippen molar-refractivity contribution in [3.63, 3.8) is 0 Å². The van der Waals surface area contributed by atoms with Gasteiger partial charge in [-0.25, -0.2) is 14.4 Å². The van der Waals surface area contributed by atoms with Crippen LogP contribution in [0.3, 0.4) is 0 Å². The van der Waals surface area contributed by atoms with E-state index < -0.39 is 5.82 Å². The maximum absolute atomic E-state index is 13.7. The maximum atomic E-state index is 13.7. The summed E-state index contributed by atoms with van der Waals surface area (Å²) in [6, 6.07) is 6.20. The van der Waals surface area contributed by atoms with Gasteiger partial charge in [0.15, 0.2) is 0 Å². The van der Waals surface area contributed by atoms with Crippen LogP contribution >= 0.6 is 11.6 Å². The minimum atomic E-state index is -0.447. The molecule has 7 heteroatoms. The van der Waals surface area contributed by atoms with Crippen LogP contribution in [0, 0.1) is 5.82 Å². The molecule has 24 heavy (non-hydrogen) atoms. The average Bonchev–Trinajstić information content (AvgIpc) is 2.62. The number of amides is 1. The SMILES string of the molecule is O=C(C=Cc1c(F)cccc1Cl)N1CCN(c2ncccn2)CC1. The highest BCUT2D eigenvalue weighted by atomic mass is 35.5. The second-order valence-corrected chi connectivity index (χ2v) is 5.74. The Hall–Kier alpha value is -2.47. The van der Waals surface area contributed by atoms with Crippen LogP contribution in [-0.2, 0) is 4.79 Å². The summed E-state index contributed by atoms with van der Waals surface area (Å²) in [5.74, 6) is 0.0545. The van der Waals surface area contributed by atoms with E-state index >= 15 is 0 Å². The molecule has 5 nitrogen and oxygen atoms in total. The zero-order chi connectivity index (χ0) is 16.9. The van der Waals surface area contributed by atoms with Crippen LogP contribution in [-0.4, -0.2) is 47.0 Å². The van der Waals surface area contributed by atoms with Crippen LogP contribution < -0.4 is 4.90 Å². The van der Waals surface area contributed by atoms with Crippen molar-refractivity contribution in [2.45, 2.75) is 0 Å². The van der Waals surface area contributed by atoms with Gasteiger partial charge in [-0.2, -0.15) is 0 Å². The molecule has 2 aromatic rings. The standard InChI is InChI=1S/C17H16ClFN4O/c18-14-3-1-4-15(19)13(14)5-6-16(24)22-9-11-23(12-10-22)17-20-7-2-8-21-17/h1-8H,9-12H2. The topological polar surface area (TPSA) is 49.3 Å². The number of carbonyl (C=O) groups is 1. The van der Waals surface area contributed by atoms with E-state index in [0.717, 1.165) is 0 Å². The number of hydrogen-bond acceptors (Lipinski definition) is 4. The molecule has 0 saturated carbocycles. The van der Waals surface area contributed by atoms with E-state index in [4.69, 9.17) is 11.6 Å². The predicted octanol–water partition coefficient (Wildman–Crippen LogP) is 2.63. The monoisotopic (exact) mass is 346 g/mol. The molecule has 0 aliphatic carbocycles. The Labute approximate surface area is 144 Å². The first-order valence-corrected chi connectivity index (χ1v) is 7.96. The van der Waals surface area contributed by atoms with Gasteiger partial charge in [0.05, 0.1) is 5.02 Å². The molecule has 1 aliphatic rings. The van der Waals surface area contributed by atoms with E-state index in [2.05, 4.69) is 9.97 Å². The Morgan fingerprint density at radius 1 is 1.12 bits per heavy atom. The molecule has 0 atom stereocenters. The summed E-state index contributed by atoms with van der Waals surface area (Å²) in [5.41, 5.74) is 0.226. The normalized spacial score (nSPS) is 15.1. The highest BCUT2D eigenvalue weighted by Crippen LogP contribution is 2.20. The van der Waals surface area contributed by atoms with Crippen LogP contribution in [0.2, 0.25) is 5.02 Å². The third kappa shape index (κ3) is 3.71. The van der Waals surface area contributed by atoms with Gasteiger partial charge < -0.3 is 9.80 Å². The van der Waals surface area contributed by atoms with Gasteiger partial charge in [-0.3, -0.25) is 4.79 Å². The van der Waals surface area contributed by atoms with E-state index in [1.165, 1.54) is 24.3 Å². The Morgan fingerprint density at radius 3 is 2.50 bits per heavy atom. The largest absolute Gasteiger partial charge is 0.337 e. The molecule has 1 amide bonds. The first kappa shape index (κ1) is 16.4. The first-order valence-electron chi connectivity index (χ1n) is 7.58. The number of rotatable bonds is 3. The number of hydrogen-bond donors (Lipinski definition) is 0. The van der Waals surface area contributed by atoms with E-state index in [0.29, 0.717) is 32.1 Å². The summed E-state index contributed by atoms with van der Waals surface area (Å²) in [5, 5.41) is 0.282. The lowest BCUT2D eigenvalue weighted by molar-refractivity contribution is -0.126. The fourth-order valence-corrected chi connectivity index (χ4v) is 2.74. The molecular formula is C17H16ClFN4O. The third-order valence-corrected chi connectivity index (χ3v) is 4.15. The average molecular weight is 347 g/mol. The first-order chi connectivity index (χ1) is 11.6. The van der Waals surface area contributed by atoms with Gasteiger partial charge in [0, 0.05) is 50.2 Å². The zero-order valence-electron chi connectivity index (χ0n) is 12.9. The third-order valence-electron chi connectivity index (χ3n) is 3.82. The number of nitrogens with zero attached hydrogens (tertiary/aromatic N) is 4. The summed E-state index contributed by atoms with van der Waals surface area (Å²) >= 11 is 5.95. The van der Waals surface area contributed by atoms with Crippen molar-refractivity contribution in [3.8, 4) is 0 Å². The van der Waals surface area contributed by atoms with Gasteiger partial charge in [-0.1, -0.05) is 17.7 Å².